The molecule has 0 radical (unpaired) electrons. The SMILES string of the molecule is O=C(O)CCCCCCCCCCCCCCCCC(=O)N[C@@H](CCC(=O)NCCCOCCOCCOCCCNC(=O)COCC(=O)NCCCC[C@H](NP)C(=O)O)C(=O)O. The highest BCUT2D eigenvalue weighted by atomic mass is 31.0. The molecule has 8 N–H and O–H groups in total. The lowest BCUT2D eigenvalue weighted by atomic mass is 10.0. The zero-order chi connectivity index (χ0) is 46.6. The van der Waals surface area contributed by atoms with Crippen LogP contribution in [0, 0.1) is 0 Å². The molecule has 3 atom stereocenters. The van der Waals surface area contributed by atoms with Crippen LogP contribution in [0.25, 0.3) is 0 Å². The number of unbranched alkanes of at least 4 members (excludes halogenated alkanes) is 14. The monoisotopic (exact) mass is 922 g/mol. The van der Waals surface area contributed by atoms with Gasteiger partial charge >= 0.3 is 17.9 Å². The van der Waals surface area contributed by atoms with Gasteiger partial charge in [0.25, 0.3) is 0 Å². The van der Waals surface area contributed by atoms with E-state index < -0.39 is 30.0 Å². The minimum absolute atomic E-state index is 0.00703. The molecule has 0 heterocycles. The van der Waals surface area contributed by atoms with E-state index in [1.807, 2.05) is 0 Å². The molecular weight excluding hydrogens is 841 g/mol. The summed E-state index contributed by atoms with van der Waals surface area (Å²) in [7, 11) is 2.19. The van der Waals surface area contributed by atoms with Crippen molar-refractivity contribution in [2.75, 3.05) is 72.5 Å². The maximum Gasteiger partial charge on any atom is 0.326 e. The molecule has 0 saturated heterocycles. The standard InChI is InChI=1S/C43H80N5O14P/c49-37(23-22-35(42(55)56)47-38(50)20-13-11-9-7-5-3-1-2-4-6-8-10-12-14-21-41(53)54)44-25-17-27-59-29-31-61-32-30-60-28-18-26-46-40(52)34-62-33-39(51)45-24-16-15-19-36(48-63)43(57)58/h35-36,48H,1-34,63H2,(H,44,49)(H,45,51)(H,46,52)(H,47,50)(H,53,54)(H,55,56)(H,57,58)/t35-,36-/m0/s1. The van der Waals surface area contributed by atoms with Gasteiger partial charge in [-0.15, -0.1) is 0 Å². The van der Waals surface area contributed by atoms with Crippen LogP contribution >= 0.6 is 9.39 Å². The number of ether oxygens (including phenoxy) is 4. The molecule has 366 valence electrons. The predicted octanol–water partition coefficient (Wildman–Crippen LogP) is 3.86. The van der Waals surface area contributed by atoms with Crippen LogP contribution < -0.4 is 26.4 Å². The van der Waals surface area contributed by atoms with Gasteiger partial charge in [0.05, 0.1) is 26.4 Å². The summed E-state index contributed by atoms with van der Waals surface area (Å²) in [6.45, 7) is 2.99. The minimum atomic E-state index is -1.16. The fraction of sp³-hybridized carbons (Fsp3) is 0.837. The zero-order valence-corrected chi connectivity index (χ0v) is 38.8. The fourth-order valence-corrected chi connectivity index (χ4v) is 6.54. The van der Waals surface area contributed by atoms with E-state index in [9.17, 15) is 38.7 Å². The number of nitrogens with one attached hydrogen (secondary N) is 5. The van der Waals surface area contributed by atoms with Gasteiger partial charge in [0, 0.05) is 52.1 Å². The molecule has 0 aliphatic heterocycles. The molecule has 0 spiro atoms. The summed E-state index contributed by atoms with van der Waals surface area (Å²) in [6.07, 6.45) is 18.5. The van der Waals surface area contributed by atoms with E-state index in [1.54, 1.807) is 0 Å². The number of aliphatic carboxylic acids is 3. The third-order valence-electron chi connectivity index (χ3n) is 9.86. The first-order valence-electron chi connectivity index (χ1n) is 23.0. The molecule has 19 nitrogen and oxygen atoms in total. The van der Waals surface area contributed by atoms with Crippen LogP contribution in [0.4, 0.5) is 0 Å². The average Bonchev–Trinajstić information content (AvgIpc) is 3.24. The zero-order valence-electron chi connectivity index (χ0n) is 37.6. The van der Waals surface area contributed by atoms with Crippen LogP contribution in [0.1, 0.15) is 148 Å². The summed E-state index contributed by atoms with van der Waals surface area (Å²) in [4.78, 5) is 81.3. The maximum absolute atomic E-state index is 12.3. The second-order valence-electron chi connectivity index (χ2n) is 15.5. The summed E-state index contributed by atoms with van der Waals surface area (Å²) in [5.41, 5.74) is 0. The number of carboxylic acids is 3. The van der Waals surface area contributed by atoms with E-state index in [2.05, 4.69) is 35.7 Å². The van der Waals surface area contributed by atoms with Crippen LogP contribution in [0.15, 0.2) is 0 Å². The van der Waals surface area contributed by atoms with E-state index in [0.29, 0.717) is 97.8 Å². The van der Waals surface area contributed by atoms with E-state index >= 15 is 0 Å². The third-order valence-corrected chi connectivity index (χ3v) is 10.3. The predicted molar refractivity (Wildman–Crippen MR) is 240 cm³/mol. The van der Waals surface area contributed by atoms with Crippen molar-refractivity contribution in [3.8, 4) is 0 Å². The van der Waals surface area contributed by atoms with Gasteiger partial charge in [0.15, 0.2) is 0 Å². The van der Waals surface area contributed by atoms with Gasteiger partial charge in [-0.05, 0) is 51.4 Å². The molecule has 20 heteroatoms. The number of carbonyl (C=O) groups is 7. The first-order chi connectivity index (χ1) is 30.5. The molecule has 0 aromatic rings. The maximum atomic E-state index is 12.3. The first kappa shape index (κ1) is 59.5. The van der Waals surface area contributed by atoms with Gasteiger partial charge in [0.2, 0.25) is 23.6 Å². The summed E-state index contributed by atoms with van der Waals surface area (Å²) >= 11 is 0. The Hall–Kier alpha value is -3.48. The normalized spacial score (nSPS) is 12.0. The number of hydrogen-bond acceptors (Lipinski definition) is 12. The minimum Gasteiger partial charge on any atom is -0.481 e. The summed E-state index contributed by atoms with van der Waals surface area (Å²) in [5, 5.41) is 40.4. The van der Waals surface area contributed by atoms with E-state index in [0.717, 1.165) is 38.5 Å². The van der Waals surface area contributed by atoms with Crippen molar-refractivity contribution in [2.24, 2.45) is 0 Å². The largest absolute Gasteiger partial charge is 0.481 e. The lowest BCUT2D eigenvalue weighted by Gasteiger charge is -2.14. The van der Waals surface area contributed by atoms with E-state index in [-0.39, 0.29) is 62.5 Å². The Morgan fingerprint density at radius 1 is 0.397 bits per heavy atom. The molecule has 0 aliphatic rings. The van der Waals surface area contributed by atoms with Crippen molar-refractivity contribution in [1.82, 2.24) is 26.4 Å². The molecule has 0 rings (SSSR count). The Kier molecular flexibility index (Phi) is 41.3. The van der Waals surface area contributed by atoms with Crippen molar-refractivity contribution >= 4 is 50.9 Å². The summed E-state index contributed by atoms with van der Waals surface area (Å²) in [6, 6.07) is -1.76. The van der Waals surface area contributed by atoms with Gasteiger partial charge < -0.3 is 55.5 Å². The molecule has 0 saturated carbocycles. The molecule has 0 aromatic heterocycles. The van der Waals surface area contributed by atoms with Crippen molar-refractivity contribution in [3.63, 3.8) is 0 Å². The fourth-order valence-electron chi connectivity index (χ4n) is 6.23. The lowest BCUT2D eigenvalue weighted by molar-refractivity contribution is -0.142. The Morgan fingerprint density at radius 3 is 1.25 bits per heavy atom. The first-order valence-corrected chi connectivity index (χ1v) is 23.6. The van der Waals surface area contributed by atoms with Crippen LogP contribution in [0.5, 0.6) is 0 Å². The molecule has 1 unspecified atom stereocenters. The van der Waals surface area contributed by atoms with Crippen molar-refractivity contribution in [3.05, 3.63) is 0 Å². The number of rotatable bonds is 47. The van der Waals surface area contributed by atoms with Gasteiger partial charge in [0.1, 0.15) is 25.3 Å². The second kappa shape index (κ2) is 43.8. The van der Waals surface area contributed by atoms with Gasteiger partial charge in [-0.25, -0.2) is 4.79 Å². The van der Waals surface area contributed by atoms with Crippen molar-refractivity contribution < 1.29 is 67.8 Å². The lowest BCUT2D eigenvalue weighted by Crippen LogP contribution is -2.41. The highest BCUT2D eigenvalue weighted by molar-refractivity contribution is 7.13. The highest BCUT2D eigenvalue weighted by Gasteiger charge is 2.21. The molecule has 0 aliphatic carbocycles. The van der Waals surface area contributed by atoms with Gasteiger partial charge in [-0.2, -0.15) is 0 Å². The molecule has 0 aromatic carbocycles. The molecule has 0 fully saturated rings. The Morgan fingerprint density at radius 2 is 0.810 bits per heavy atom. The molecule has 4 amide bonds. The van der Waals surface area contributed by atoms with E-state index in [4.69, 9.17) is 29.2 Å². The molecular formula is C43H80N5O14P. The van der Waals surface area contributed by atoms with Crippen LogP contribution in [-0.2, 0) is 52.5 Å². The van der Waals surface area contributed by atoms with Gasteiger partial charge in [-0.1, -0.05) is 86.4 Å². The summed E-state index contributed by atoms with van der Waals surface area (Å²) in [5.74, 6) is -4.10. The highest BCUT2D eigenvalue weighted by Crippen LogP contribution is 2.14. The van der Waals surface area contributed by atoms with Crippen LogP contribution in [0.3, 0.4) is 0 Å². The van der Waals surface area contributed by atoms with E-state index in [1.165, 1.54) is 44.9 Å². The topological polar surface area (TPSA) is 277 Å². The number of amides is 4. The second-order valence-corrected chi connectivity index (χ2v) is 15.8. The summed E-state index contributed by atoms with van der Waals surface area (Å²) < 4.78 is 21.6. The Bertz CT molecular complexity index is 1230. The third kappa shape index (κ3) is 42.2. The average molecular weight is 922 g/mol. The van der Waals surface area contributed by atoms with Crippen LogP contribution in [0.2, 0.25) is 0 Å². The molecule has 63 heavy (non-hydrogen) atoms. The van der Waals surface area contributed by atoms with Gasteiger partial charge in [-0.3, -0.25) is 33.9 Å². The quantitative estimate of drug-likeness (QED) is 0.0318. The number of hydrogen-bond donors (Lipinski definition) is 8. The Balaban J connectivity index is 3.61. The van der Waals surface area contributed by atoms with Crippen LogP contribution in [-0.4, -0.2) is 141 Å². The number of carboxylic acid groups (broad SMARTS) is 3. The van der Waals surface area contributed by atoms with Crippen molar-refractivity contribution in [1.29, 1.82) is 0 Å². The van der Waals surface area contributed by atoms with Crippen molar-refractivity contribution in [2.45, 2.75) is 160 Å². The smallest absolute Gasteiger partial charge is 0.326 e. The Labute approximate surface area is 376 Å². The molecule has 0 bridgehead atoms. The number of carbonyl (C=O) groups excluding carboxylic acids is 4.